The number of carbonyl (C=O) groups is 2. The van der Waals surface area contributed by atoms with Crippen LogP contribution in [-0.2, 0) is 9.59 Å². The van der Waals surface area contributed by atoms with Crippen LogP contribution in [0.1, 0.15) is 39.5 Å². The molecule has 5 heteroatoms. The van der Waals surface area contributed by atoms with Gasteiger partial charge in [0.15, 0.2) is 0 Å². The first-order chi connectivity index (χ1) is 8.49. The fourth-order valence-electron chi connectivity index (χ4n) is 2.81. The van der Waals surface area contributed by atoms with Crippen LogP contribution >= 0.6 is 0 Å². The predicted molar refractivity (Wildman–Crippen MR) is 69.0 cm³/mol. The van der Waals surface area contributed by atoms with Crippen molar-refractivity contribution in [2.24, 2.45) is 5.41 Å². The van der Waals surface area contributed by atoms with E-state index in [2.05, 4.69) is 29.8 Å². The minimum atomic E-state index is -0.122. The largest absolute Gasteiger partial charge is 0.353 e. The normalized spacial score (nSPS) is 30.9. The van der Waals surface area contributed by atoms with Gasteiger partial charge in [0.1, 0.15) is 0 Å². The minimum Gasteiger partial charge on any atom is -0.353 e. The predicted octanol–water partition coefficient (Wildman–Crippen LogP) is 0.159. The molecule has 102 valence electrons. The van der Waals surface area contributed by atoms with E-state index in [1.165, 1.54) is 0 Å². The van der Waals surface area contributed by atoms with Gasteiger partial charge in [-0.05, 0) is 31.2 Å². The van der Waals surface area contributed by atoms with E-state index in [-0.39, 0.29) is 29.3 Å². The second-order valence-electron chi connectivity index (χ2n) is 6.03. The van der Waals surface area contributed by atoms with Crippen molar-refractivity contribution in [3.63, 3.8) is 0 Å². The summed E-state index contributed by atoms with van der Waals surface area (Å²) in [5.41, 5.74) is 0.00125. The summed E-state index contributed by atoms with van der Waals surface area (Å²) >= 11 is 0. The van der Waals surface area contributed by atoms with Crippen molar-refractivity contribution in [1.29, 1.82) is 0 Å². The van der Waals surface area contributed by atoms with Gasteiger partial charge in [-0.2, -0.15) is 0 Å². The molecule has 2 aliphatic rings. The van der Waals surface area contributed by atoms with E-state index in [0.717, 1.165) is 25.8 Å². The average molecular weight is 253 g/mol. The van der Waals surface area contributed by atoms with E-state index in [4.69, 9.17) is 0 Å². The van der Waals surface area contributed by atoms with Crippen LogP contribution in [-0.4, -0.2) is 37.0 Å². The fraction of sp³-hybridized carbons (Fsp3) is 0.846. The highest BCUT2D eigenvalue weighted by molar-refractivity contribution is 5.83. The maximum atomic E-state index is 12.2. The first-order valence-corrected chi connectivity index (χ1v) is 6.79. The van der Waals surface area contributed by atoms with Crippen LogP contribution < -0.4 is 16.0 Å². The van der Waals surface area contributed by atoms with E-state index < -0.39 is 0 Å². The van der Waals surface area contributed by atoms with E-state index in [9.17, 15) is 9.59 Å². The van der Waals surface area contributed by atoms with Gasteiger partial charge in [0.2, 0.25) is 11.8 Å². The van der Waals surface area contributed by atoms with Crippen molar-refractivity contribution in [2.45, 2.75) is 51.6 Å². The lowest BCUT2D eigenvalue weighted by Gasteiger charge is -2.38. The third-order valence-electron chi connectivity index (χ3n) is 4.00. The van der Waals surface area contributed by atoms with Crippen molar-refractivity contribution in [3.8, 4) is 0 Å². The Hall–Kier alpha value is -1.10. The molecular formula is C13H23N3O2. The Labute approximate surface area is 108 Å². The second-order valence-corrected chi connectivity index (χ2v) is 6.03. The van der Waals surface area contributed by atoms with E-state index >= 15 is 0 Å². The standard InChI is InChI=1S/C13H23N3O2/c1-13(2)6-3-7-14-11(13)12(18)15-8-9-4-5-10(17)16-9/h9,11,14H,3-8H2,1-2H3,(H,15,18)(H,16,17). The van der Waals surface area contributed by atoms with Crippen LogP contribution in [0, 0.1) is 5.41 Å². The molecule has 18 heavy (non-hydrogen) atoms. The van der Waals surface area contributed by atoms with Crippen LogP contribution in [0.25, 0.3) is 0 Å². The molecule has 5 nitrogen and oxygen atoms in total. The molecule has 0 saturated carbocycles. The Morgan fingerprint density at radius 1 is 1.50 bits per heavy atom. The first-order valence-electron chi connectivity index (χ1n) is 6.79. The molecule has 2 aliphatic heterocycles. The fourth-order valence-corrected chi connectivity index (χ4v) is 2.81. The highest BCUT2D eigenvalue weighted by Crippen LogP contribution is 2.30. The number of carbonyl (C=O) groups excluding carboxylic acids is 2. The molecule has 0 aromatic carbocycles. The van der Waals surface area contributed by atoms with Crippen LogP contribution in [0.2, 0.25) is 0 Å². The molecule has 2 rings (SSSR count). The second kappa shape index (κ2) is 5.26. The molecule has 2 saturated heterocycles. The molecule has 2 amide bonds. The summed E-state index contributed by atoms with van der Waals surface area (Å²) < 4.78 is 0. The molecule has 3 N–H and O–H groups in total. The summed E-state index contributed by atoms with van der Waals surface area (Å²) in [6, 6.07) is -0.0171. The Bertz CT molecular complexity index is 341. The van der Waals surface area contributed by atoms with Crippen LogP contribution in [0.15, 0.2) is 0 Å². The third-order valence-corrected chi connectivity index (χ3v) is 4.00. The van der Waals surface area contributed by atoms with Gasteiger partial charge in [-0.15, -0.1) is 0 Å². The highest BCUT2D eigenvalue weighted by atomic mass is 16.2. The maximum Gasteiger partial charge on any atom is 0.237 e. The Kier molecular flexibility index (Phi) is 3.90. The first kappa shape index (κ1) is 13.3. The molecular weight excluding hydrogens is 230 g/mol. The summed E-state index contributed by atoms with van der Waals surface area (Å²) in [5.74, 6) is 0.145. The molecule has 0 spiro atoms. The number of hydrogen-bond donors (Lipinski definition) is 3. The lowest BCUT2D eigenvalue weighted by atomic mass is 9.77. The molecule has 2 heterocycles. The lowest BCUT2D eigenvalue weighted by molar-refractivity contribution is -0.127. The monoisotopic (exact) mass is 253 g/mol. The van der Waals surface area contributed by atoms with E-state index in [0.29, 0.717) is 13.0 Å². The summed E-state index contributed by atoms with van der Waals surface area (Å²) in [5, 5.41) is 9.11. The quantitative estimate of drug-likeness (QED) is 0.671. The average Bonchev–Trinajstić information content (AvgIpc) is 2.71. The van der Waals surface area contributed by atoms with Crippen molar-refractivity contribution >= 4 is 11.8 Å². The number of rotatable bonds is 3. The summed E-state index contributed by atoms with van der Waals surface area (Å²) in [7, 11) is 0. The summed E-state index contributed by atoms with van der Waals surface area (Å²) in [4.78, 5) is 23.2. The molecule has 2 fully saturated rings. The van der Waals surface area contributed by atoms with Gasteiger partial charge in [0.05, 0.1) is 6.04 Å². The minimum absolute atomic E-state index is 0.00125. The van der Waals surface area contributed by atoms with Gasteiger partial charge in [-0.3, -0.25) is 9.59 Å². The SMILES string of the molecule is CC1(C)CCCNC1C(=O)NCC1CCC(=O)N1. The van der Waals surface area contributed by atoms with Gasteiger partial charge in [0, 0.05) is 19.0 Å². The van der Waals surface area contributed by atoms with Crippen molar-refractivity contribution < 1.29 is 9.59 Å². The van der Waals surface area contributed by atoms with Crippen molar-refractivity contribution in [2.75, 3.05) is 13.1 Å². The van der Waals surface area contributed by atoms with Gasteiger partial charge in [-0.1, -0.05) is 13.8 Å². The Morgan fingerprint density at radius 2 is 2.28 bits per heavy atom. The van der Waals surface area contributed by atoms with Gasteiger partial charge in [-0.25, -0.2) is 0 Å². The van der Waals surface area contributed by atoms with Crippen LogP contribution in [0.3, 0.4) is 0 Å². The number of hydrogen-bond acceptors (Lipinski definition) is 3. The number of piperidine rings is 1. The summed E-state index contributed by atoms with van der Waals surface area (Å²) in [6.07, 6.45) is 3.59. The zero-order valence-corrected chi connectivity index (χ0v) is 11.2. The topological polar surface area (TPSA) is 70.2 Å². The zero-order chi connectivity index (χ0) is 13.2. The van der Waals surface area contributed by atoms with Crippen molar-refractivity contribution in [3.05, 3.63) is 0 Å². The number of amides is 2. The summed E-state index contributed by atoms with van der Waals surface area (Å²) in [6.45, 7) is 5.70. The van der Waals surface area contributed by atoms with Gasteiger partial charge >= 0.3 is 0 Å². The van der Waals surface area contributed by atoms with Crippen LogP contribution in [0.4, 0.5) is 0 Å². The molecule has 0 aromatic heterocycles. The zero-order valence-electron chi connectivity index (χ0n) is 11.2. The Morgan fingerprint density at radius 3 is 2.89 bits per heavy atom. The Balaban J connectivity index is 1.82. The molecule has 2 unspecified atom stereocenters. The van der Waals surface area contributed by atoms with E-state index in [1.807, 2.05) is 0 Å². The van der Waals surface area contributed by atoms with Crippen molar-refractivity contribution in [1.82, 2.24) is 16.0 Å². The lowest BCUT2D eigenvalue weighted by Crippen LogP contribution is -2.56. The molecule has 0 bridgehead atoms. The molecule has 2 atom stereocenters. The molecule has 0 aromatic rings. The van der Waals surface area contributed by atoms with Gasteiger partial charge in [0.25, 0.3) is 0 Å². The third kappa shape index (κ3) is 3.02. The smallest absolute Gasteiger partial charge is 0.237 e. The molecule has 0 aliphatic carbocycles. The van der Waals surface area contributed by atoms with Crippen LogP contribution in [0.5, 0.6) is 0 Å². The maximum absolute atomic E-state index is 12.2. The molecule has 0 radical (unpaired) electrons. The van der Waals surface area contributed by atoms with Gasteiger partial charge < -0.3 is 16.0 Å². The number of nitrogens with one attached hydrogen (secondary N) is 3. The van der Waals surface area contributed by atoms with E-state index in [1.54, 1.807) is 0 Å². The highest BCUT2D eigenvalue weighted by Gasteiger charge is 2.37.